The number of hydrogen-bond acceptors (Lipinski definition) is 8. The summed E-state index contributed by atoms with van der Waals surface area (Å²) in [6, 6.07) is 19.3. The molecule has 1 aromatic heterocycles. The SMILES string of the molecule is COc1cc(C2C(C(=O)c3sc(-c4ccccc4)nc3C)=C(O)C(=O)N2c2ccccc2C)cc(OC)c1OC. The fraction of sp³-hybridized carbons (Fsp3) is 0.194. The highest BCUT2D eigenvalue weighted by Gasteiger charge is 2.46. The summed E-state index contributed by atoms with van der Waals surface area (Å²) in [6.07, 6.45) is 0. The van der Waals surface area contributed by atoms with E-state index in [1.807, 2.05) is 49.4 Å². The number of Topliss-reactive ketones (excluding diaryl/α,β-unsaturated/α-hetero) is 1. The zero-order valence-electron chi connectivity index (χ0n) is 22.7. The number of carbonyl (C=O) groups excluding carboxylic acids is 2. The number of aromatic nitrogens is 1. The minimum atomic E-state index is -0.975. The second-order valence-electron chi connectivity index (χ2n) is 9.21. The topological polar surface area (TPSA) is 98.2 Å². The predicted molar refractivity (Wildman–Crippen MR) is 154 cm³/mol. The third-order valence-electron chi connectivity index (χ3n) is 6.85. The maximum atomic E-state index is 14.2. The van der Waals surface area contributed by atoms with E-state index in [-0.39, 0.29) is 5.57 Å². The van der Waals surface area contributed by atoms with Crippen LogP contribution in [0.1, 0.15) is 32.5 Å². The van der Waals surface area contributed by atoms with Gasteiger partial charge in [0.2, 0.25) is 11.5 Å². The zero-order valence-corrected chi connectivity index (χ0v) is 23.5. The van der Waals surface area contributed by atoms with Crippen LogP contribution in [0.3, 0.4) is 0 Å². The second-order valence-corrected chi connectivity index (χ2v) is 10.2. The van der Waals surface area contributed by atoms with Crippen molar-refractivity contribution in [1.29, 1.82) is 0 Å². The lowest BCUT2D eigenvalue weighted by Gasteiger charge is -2.29. The number of thiazole rings is 1. The van der Waals surface area contributed by atoms with E-state index in [2.05, 4.69) is 4.98 Å². The van der Waals surface area contributed by atoms with Gasteiger partial charge in [-0.2, -0.15) is 0 Å². The largest absolute Gasteiger partial charge is 0.503 e. The number of carbonyl (C=O) groups is 2. The van der Waals surface area contributed by atoms with Crippen molar-refractivity contribution in [1.82, 2.24) is 4.98 Å². The number of hydrogen-bond donors (Lipinski definition) is 1. The van der Waals surface area contributed by atoms with Gasteiger partial charge in [-0.25, -0.2) is 4.98 Å². The minimum Gasteiger partial charge on any atom is -0.503 e. The predicted octanol–water partition coefficient (Wildman–Crippen LogP) is 6.24. The summed E-state index contributed by atoms with van der Waals surface area (Å²) in [5, 5.41) is 11.9. The van der Waals surface area contributed by atoms with Crippen molar-refractivity contribution in [3.05, 3.63) is 99.8 Å². The van der Waals surface area contributed by atoms with Gasteiger partial charge in [0, 0.05) is 11.3 Å². The fourth-order valence-corrected chi connectivity index (χ4v) is 5.95. The van der Waals surface area contributed by atoms with E-state index in [4.69, 9.17) is 14.2 Å². The molecule has 5 rings (SSSR count). The third kappa shape index (κ3) is 4.48. The Morgan fingerprint density at radius 1 is 0.925 bits per heavy atom. The van der Waals surface area contributed by atoms with Gasteiger partial charge in [-0.1, -0.05) is 48.5 Å². The van der Waals surface area contributed by atoms with Crippen LogP contribution in [0.2, 0.25) is 0 Å². The summed E-state index contributed by atoms with van der Waals surface area (Å²) in [6.45, 7) is 3.61. The van der Waals surface area contributed by atoms with Crippen LogP contribution in [0, 0.1) is 13.8 Å². The Kier molecular flexibility index (Phi) is 7.32. The maximum Gasteiger partial charge on any atom is 0.294 e. The first-order valence-electron chi connectivity index (χ1n) is 12.5. The number of aryl methyl sites for hydroxylation is 2. The van der Waals surface area contributed by atoms with Crippen LogP contribution >= 0.6 is 11.3 Å². The Morgan fingerprint density at radius 2 is 1.55 bits per heavy atom. The van der Waals surface area contributed by atoms with Gasteiger partial charge in [-0.3, -0.25) is 14.5 Å². The number of aliphatic hydroxyl groups excluding tert-OH is 1. The van der Waals surface area contributed by atoms with Gasteiger partial charge in [-0.15, -0.1) is 11.3 Å². The Morgan fingerprint density at radius 3 is 2.15 bits per heavy atom. The molecule has 0 radical (unpaired) electrons. The first kappa shape index (κ1) is 27.0. The van der Waals surface area contributed by atoms with Crippen LogP contribution in [-0.2, 0) is 4.79 Å². The van der Waals surface area contributed by atoms with Crippen LogP contribution in [0.15, 0.2) is 78.1 Å². The van der Waals surface area contributed by atoms with Crippen molar-refractivity contribution in [3.8, 4) is 27.8 Å². The van der Waals surface area contributed by atoms with E-state index in [1.54, 1.807) is 31.2 Å². The molecule has 2 heterocycles. The van der Waals surface area contributed by atoms with Crippen molar-refractivity contribution in [2.24, 2.45) is 0 Å². The molecular formula is C31H28N2O6S. The molecule has 0 saturated carbocycles. The molecule has 1 aliphatic rings. The summed E-state index contributed by atoms with van der Waals surface area (Å²) in [5.41, 5.74) is 3.21. The van der Waals surface area contributed by atoms with Crippen LogP contribution in [0.5, 0.6) is 17.2 Å². The standard InChI is InChI=1S/C31H28N2O6S/c1-17-11-9-10-14-21(17)33-25(20-15-22(37-3)28(39-5)23(16-20)38-4)24(27(35)31(33)36)26(34)29-18(2)32-30(40-29)19-12-7-6-8-13-19/h6-16,25,35H,1-5H3. The Balaban J connectivity index is 1.71. The summed E-state index contributed by atoms with van der Waals surface area (Å²) in [5.74, 6) is -0.687. The van der Waals surface area contributed by atoms with Crippen molar-refractivity contribution < 1.29 is 28.9 Å². The normalized spacial score (nSPS) is 15.0. The lowest BCUT2D eigenvalue weighted by atomic mass is 9.94. The van der Waals surface area contributed by atoms with Crippen LogP contribution in [0.4, 0.5) is 5.69 Å². The van der Waals surface area contributed by atoms with Gasteiger partial charge in [-0.05, 0) is 43.2 Å². The Labute approximate surface area is 236 Å². The van der Waals surface area contributed by atoms with Crippen LogP contribution in [-0.4, -0.2) is 43.1 Å². The van der Waals surface area contributed by atoms with Gasteiger partial charge in [0.05, 0.1) is 43.5 Å². The first-order valence-corrected chi connectivity index (χ1v) is 13.3. The molecule has 1 amide bonds. The van der Waals surface area contributed by atoms with Gasteiger partial charge in [0.15, 0.2) is 17.3 Å². The molecule has 1 aliphatic heterocycles. The third-order valence-corrected chi connectivity index (χ3v) is 8.06. The lowest BCUT2D eigenvalue weighted by molar-refractivity contribution is -0.117. The summed E-state index contributed by atoms with van der Waals surface area (Å²) in [7, 11) is 4.48. The molecule has 0 aliphatic carbocycles. The number of anilines is 1. The van der Waals surface area contributed by atoms with Gasteiger partial charge in [0.1, 0.15) is 5.01 Å². The fourth-order valence-electron chi connectivity index (χ4n) is 4.93. The van der Waals surface area contributed by atoms with Gasteiger partial charge < -0.3 is 19.3 Å². The summed E-state index contributed by atoms with van der Waals surface area (Å²) in [4.78, 5) is 34.3. The number of amides is 1. The Hall–Kier alpha value is -4.63. The van der Waals surface area contributed by atoms with E-state index in [0.29, 0.717) is 44.1 Å². The van der Waals surface area contributed by atoms with E-state index < -0.39 is 23.5 Å². The molecule has 3 aromatic carbocycles. The highest BCUT2D eigenvalue weighted by Crippen LogP contribution is 2.48. The Bertz CT molecular complexity index is 1620. The number of aliphatic hydroxyl groups is 1. The molecule has 0 bridgehead atoms. The molecule has 8 nitrogen and oxygen atoms in total. The highest BCUT2D eigenvalue weighted by molar-refractivity contribution is 7.17. The average Bonchev–Trinajstić information content (AvgIpc) is 3.49. The quantitative estimate of drug-likeness (QED) is 0.257. The monoisotopic (exact) mass is 556 g/mol. The smallest absolute Gasteiger partial charge is 0.294 e. The molecule has 204 valence electrons. The van der Waals surface area contributed by atoms with E-state index >= 15 is 0 Å². The first-order chi connectivity index (χ1) is 19.3. The zero-order chi connectivity index (χ0) is 28.6. The van der Waals surface area contributed by atoms with E-state index in [1.165, 1.54) is 37.6 Å². The molecule has 0 saturated heterocycles. The maximum absolute atomic E-state index is 14.2. The van der Waals surface area contributed by atoms with E-state index in [0.717, 1.165) is 11.1 Å². The van der Waals surface area contributed by atoms with Crippen molar-refractivity contribution in [3.63, 3.8) is 0 Å². The lowest BCUT2D eigenvalue weighted by Crippen LogP contribution is -2.31. The summed E-state index contributed by atoms with van der Waals surface area (Å²) >= 11 is 1.22. The van der Waals surface area contributed by atoms with Gasteiger partial charge >= 0.3 is 0 Å². The molecule has 1 N–H and O–H groups in total. The van der Waals surface area contributed by atoms with Crippen LogP contribution < -0.4 is 19.1 Å². The molecular weight excluding hydrogens is 528 g/mol. The number of methoxy groups -OCH3 is 3. The van der Waals surface area contributed by atoms with Crippen LogP contribution in [0.25, 0.3) is 10.6 Å². The molecule has 4 aromatic rings. The second kappa shape index (κ2) is 10.9. The number of rotatable bonds is 8. The molecule has 1 atom stereocenters. The average molecular weight is 557 g/mol. The van der Waals surface area contributed by atoms with Gasteiger partial charge in [0.25, 0.3) is 5.91 Å². The number of ketones is 1. The number of nitrogens with zero attached hydrogens (tertiary/aromatic N) is 2. The molecule has 0 spiro atoms. The number of para-hydroxylation sites is 1. The van der Waals surface area contributed by atoms with E-state index in [9.17, 15) is 14.7 Å². The summed E-state index contributed by atoms with van der Waals surface area (Å²) < 4.78 is 16.6. The molecule has 1 unspecified atom stereocenters. The molecule has 0 fully saturated rings. The highest BCUT2D eigenvalue weighted by atomic mass is 32.1. The van der Waals surface area contributed by atoms with Crippen molar-refractivity contribution >= 4 is 28.7 Å². The van der Waals surface area contributed by atoms with Crippen molar-refractivity contribution in [2.75, 3.05) is 26.2 Å². The number of ether oxygens (including phenoxy) is 3. The minimum absolute atomic E-state index is 0.0473. The van der Waals surface area contributed by atoms with Crippen molar-refractivity contribution in [2.45, 2.75) is 19.9 Å². The molecule has 40 heavy (non-hydrogen) atoms. The molecule has 9 heteroatoms. The number of benzene rings is 3.